The van der Waals surface area contributed by atoms with Crippen LogP contribution in [-0.4, -0.2) is 22.4 Å². The Bertz CT molecular complexity index is 374. The normalized spacial score (nSPS) is 42.7. The third kappa shape index (κ3) is 3.38. The molecule has 2 fully saturated rings. The summed E-state index contributed by atoms with van der Waals surface area (Å²) in [4.78, 5) is 0. The van der Waals surface area contributed by atoms with E-state index in [1.807, 2.05) is 0 Å². The van der Waals surface area contributed by atoms with E-state index in [4.69, 9.17) is 5.11 Å². The van der Waals surface area contributed by atoms with Crippen molar-refractivity contribution in [3.8, 4) is 0 Å². The lowest BCUT2D eigenvalue weighted by molar-refractivity contribution is -0.170. The maximum absolute atomic E-state index is 11.1. The second-order valence-corrected chi connectivity index (χ2v) is 9.54. The summed E-state index contributed by atoms with van der Waals surface area (Å²) in [6, 6.07) is 0. The van der Waals surface area contributed by atoms with Gasteiger partial charge in [0.25, 0.3) is 0 Å². The minimum Gasteiger partial charge on any atom is -0.396 e. The molecule has 0 aromatic rings. The fourth-order valence-corrected chi connectivity index (χ4v) is 6.08. The van der Waals surface area contributed by atoms with E-state index in [2.05, 4.69) is 34.6 Å². The zero-order valence-electron chi connectivity index (χ0n) is 15.5. The Hall–Kier alpha value is -0.0800. The first-order valence-corrected chi connectivity index (χ1v) is 9.47. The van der Waals surface area contributed by atoms with Crippen LogP contribution in [0.4, 0.5) is 0 Å². The molecule has 0 aromatic carbocycles. The van der Waals surface area contributed by atoms with Crippen LogP contribution in [0.5, 0.6) is 0 Å². The van der Waals surface area contributed by atoms with Gasteiger partial charge < -0.3 is 10.2 Å². The number of hydrogen-bond donors (Lipinski definition) is 2. The van der Waals surface area contributed by atoms with Gasteiger partial charge in [0.05, 0.1) is 5.60 Å². The van der Waals surface area contributed by atoms with Crippen molar-refractivity contribution < 1.29 is 10.2 Å². The molecular weight excluding hydrogens is 272 g/mol. The molecule has 2 aliphatic carbocycles. The summed E-state index contributed by atoms with van der Waals surface area (Å²) in [6.07, 6.45) is 9.18. The zero-order valence-corrected chi connectivity index (χ0v) is 15.5. The predicted molar refractivity (Wildman–Crippen MR) is 92.7 cm³/mol. The van der Waals surface area contributed by atoms with E-state index in [0.29, 0.717) is 17.3 Å². The van der Waals surface area contributed by atoms with Crippen LogP contribution >= 0.6 is 0 Å². The Kier molecular flexibility index (Phi) is 5.34. The molecule has 0 aliphatic heterocycles. The van der Waals surface area contributed by atoms with Gasteiger partial charge in [0, 0.05) is 6.61 Å². The Morgan fingerprint density at radius 3 is 2.36 bits per heavy atom. The maximum atomic E-state index is 11.1. The third-order valence-corrected chi connectivity index (χ3v) is 7.33. The molecular formula is C20H38O2. The quantitative estimate of drug-likeness (QED) is 0.767. The first kappa shape index (κ1) is 18.3. The van der Waals surface area contributed by atoms with E-state index in [1.165, 1.54) is 25.7 Å². The highest BCUT2D eigenvalue weighted by atomic mass is 16.3. The van der Waals surface area contributed by atoms with Crippen molar-refractivity contribution in [2.24, 2.45) is 28.6 Å². The van der Waals surface area contributed by atoms with Crippen LogP contribution in [-0.2, 0) is 0 Å². The number of fused-ring (bicyclic) bond motifs is 1. The molecule has 0 heterocycles. The molecule has 0 radical (unpaired) electrons. The molecule has 0 amide bonds. The van der Waals surface area contributed by atoms with Gasteiger partial charge in [-0.15, -0.1) is 0 Å². The third-order valence-electron chi connectivity index (χ3n) is 7.33. The monoisotopic (exact) mass is 310 g/mol. The average molecular weight is 311 g/mol. The smallest absolute Gasteiger partial charge is 0.0653 e. The van der Waals surface area contributed by atoms with Crippen LogP contribution in [0.1, 0.15) is 86.0 Å². The van der Waals surface area contributed by atoms with Crippen LogP contribution in [0.2, 0.25) is 0 Å². The second kappa shape index (κ2) is 6.43. The topological polar surface area (TPSA) is 40.5 Å². The van der Waals surface area contributed by atoms with Crippen LogP contribution < -0.4 is 0 Å². The van der Waals surface area contributed by atoms with Crippen molar-refractivity contribution in [1.29, 1.82) is 0 Å². The molecule has 0 bridgehead atoms. The Morgan fingerprint density at radius 2 is 1.73 bits per heavy atom. The summed E-state index contributed by atoms with van der Waals surface area (Å²) in [6.45, 7) is 12.0. The van der Waals surface area contributed by atoms with E-state index in [1.54, 1.807) is 0 Å². The van der Waals surface area contributed by atoms with Gasteiger partial charge in [0.15, 0.2) is 0 Å². The second-order valence-electron chi connectivity index (χ2n) is 9.54. The lowest BCUT2D eigenvalue weighted by atomic mass is 9.45. The maximum Gasteiger partial charge on any atom is 0.0653 e. The minimum atomic E-state index is -0.516. The molecule has 130 valence electrons. The molecule has 5 atom stereocenters. The van der Waals surface area contributed by atoms with Gasteiger partial charge in [-0.1, -0.05) is 40.5 Å². The van der Waals surface area contributed by atoms with Gasteiger partial charge in [-0.3, -0.25) is 0 Å². The van der Waals surface area contributed by atoms with Crippen LogP contribution in [0, 0.1) is 28.6 Å². The van der Waals surface area contributed by atoms with Crippen molar-refractivity contribution in [2.75, 3.05) is 6.61 Å². The Labute approximate surface area is 137 Å². The number of aliphatic hydroxyl groups excluding tert-OH is 1. The summed E-state index contributed by atoms with van der Waals surface area (Å²) in [5, 5.41) is 20.2. The van der Waals surface area contributed by atoms with Gasteiger partial charge in [-0.2, -0.15) is 0 Å². The van der Waals surface area contributed by atoms with Crippen molar-refractivity contribution in [2.45, 2.75) is 91.6 Å². The first-order chi connectivity index (χ1) is 10.1. The van der Waals surface area contributed by atoms with Gasteiger partial charge in [-0.25, -0.2) is 0 Å². The molecule has 22 heavy (non-hydrogen) atoms. The van der Waals surface area contributed by atoms with E-state index >= 15 is 0 Å². The zero-order chi connectivity index (χ0) is 16.6. The first-order valence-electron chi connectivity index (χ1n) is 9.47. The molecule has 0 aromatic heterocycles. The highest BCUT2D eigenvalue weighted by Gasteiger charge is 2.57. The summed E-state index contributed by atoms with van der Waals surface area (Å²) >= 11 is 0. The van der Waals surface area contributed by atoms with Crippen molar-refractivity contribution in [3.05, 3.63) is 0 Å². The van der Waals surface area contributed by atoms with Crippen molar-refractivity contribution >= 4 is 0 Å². The lowest BCUT2D eigenvalue weighted by Crippen LogP contribution is -2.57. The molecule has 2 aliphatic rings. The molecule has 0 unspecified atom stereocenters. The van der Waals surface area contributed by atoms with E-state index in [-0.39, 0.29) is 12.0 Å². The van der Waals surface area contributed by atoms with Gasteiger partial charge in [-0.05, 0) is 74.0 Å². The SMILES string of the molecule is C[C@H](CCO)CC[C@@H]1[C@@]2(C)CCCC(C)(C)[C@@H]2CC[C@@]1(C)O. The van der Waals surface area contributed by atoms with Crippen molar-refractivity contribution in [3.63, 3.8) is 0 Å². The Balaban J connectivity index is 2.19. The molecule has 2 heteroatoms. The summed E-state index contributed by atoms with van der Waals surface area (Å²) in [7, 11) is 0. The van der Waals surface area contributed by atoms with Crippen LogP contribution in [0.25, 0.3) is 0 Å². The standard InChI is InChI=1S/C20H38O2/c1-15(10-14-21)7-8-17-19(4)12-6-11-18(2,3)16(19)9-13-20(17,5)22/h15-17,21-22H,6-14H2,1-5H3/t15-,16-,17+,19-,20+/m0/s1. The van der Waals surface area contributed by atoms with Crippen LogP contribution in [0.3, 0.4) is 0 Å². The summed E-state index contributed by atoms with van der Waals surface area (Å²) in [5.74, 6) is 1.70. The molecule has 0 spiro atoms. The Morgan fingerprint density at radius 1 is 1.05 bits per heavy atom. The lowest BCUT2D eigenvalue weighted by Gasteiger charge is -2.61. The van der Waals surface area contributed by atoms with Gasteiger partial charge >= 0.3 is 0 Å². The highest BCUT2D eigenvalue weighted by Crippen LogP contribution is 2.63. The molecule has 2 N–H and O–H groups in total. The highest BCUT2D eigenvalue weighted by molar-refractivity contribution is 5.07. The minimum absolute atomic E-state index is 0.280. The average Bonchev–Trinajstić information content (AvgIpc) is 2.36. The summed E-state index contributed by atoms with van der Waals surface area (Å²) in [5.41, 5.74) is 0.179. The molecule has 2 nitrogen and oxygen atoms in total. The van der Waals surface area contributed by atoms with E-state index < -0.39 is 5.60 Å². The molecule has 0 saturated heterocycles. The largest absolute Gasteiger partial charge is 0.396 e. The van der Waals surface area contributed by atoms with E-state index in [9.17, 15) is 5.11 Å². The van der Waals surface area contributed by atoms with Gasteiger partial charge in [0.1, 0.15) is 0 Å². The predicted octanol–water partition coefficient (Wildman–Crippen LogP) is 4.78. The number of hydrogen-bond acceptors (Lipinski definition) is 2. The van der Waals surface area contributed by atoms with Gasteiger partial charge in [0.2, 0.25) is 0 Å². The fourth-order valence-electron chi connectivity index (χ4n) is 6.08. The fraction of sp³-hybridized carbons (Fsp3) is 1.00. The van der Waals surface area contributed by atoms with Crippen LogP contribution in [0.15, 0.2) is 0 Å². The van der Waals surface area contributed by atoms with E-state index in [0.717, 1.165) is 31.6 Å². The number of rotatable bonds is 5. The summed E-state index contributed by atoms with van der Waals surface area (Å²) < 4.78 is 0. The number of aliphatic hydroxyl groups is 2. The molecule has 2 saturated carbocycles. The van der Waals surface area contributed by atoms with Crippen molar-refractivity contribution in [1.82, 2.24) is 0 Å². The molecule has 2 rings (SSSR count).